The quantitative estimate of drug-likeness (QED) is 0.726. The molecule has 0 bridgehead atoms. The maximum absolute atomic E-state index is 11.9. The van der Waals surface area contributed by atoms with E-state index in [4.69, 9.17) is 21.1 Å². The number of anilines is 2. The molecule has 0 aliphatic heterocycles. The summed E-state index contributed by atoms with van der Waals surface area (Å²) in [6, 6.07) is 14.4. The van der Waals surface area contributed by atoms with Crippen molar-refractivity contribution < 1.29 is 14.3 Å². The number of ether oxygens (including phenoxy) is 2. The molecule has 0 aliphatic carbocycles. The van der Waals surface area contributed by atoms with E-state index in [1.54, 1.807) is 43.5 Å². The van der Waals surface area contributed by atoms with Crippen molar-refractivity contribution in [3.05, 3.63) is 53.6 Å². The first kappa shape index (κ1) is 17.1. The first-order valence-corrected chi connectivity index (χ1v) is 7.56. The molecule has 0 spiro atoms. The fourth-order valence-corrected chi connectivity index (χ4v) is 1.96. The Bertz CT molecular complexity index is 615. The van der Waals surface area contributed by atoms with Crippen LogP contribution >= 0.6 is 11.6 Å². The highest BCUT2D eigenvalue weighted by molar-refractivity contribution is 6.30. The molecule has 2 aromatic carbocycles. The lowest BCUT2D eigenvalue weighted by atomic mass is 10.3. The van der Waals surface area contributed by atoms with Crippen LogP contribution < -0.4 is 15.4 Å². The molecule has 6 heteroatoms. The van der Waals surface area contributed by atoms with Crippen LogP contribution in [-0.4, -0.2) is 32.8 Å². The van der Waals surface area contributed by atoms with Gasteiger partial charge in [0.1, 0.15) is 12.4 Å². The van der Waals surface area contributed by atoms with Crippen molar-refractivity contribution in [2.75, 3.05) is 37.5 Å². The molecule has 5 nitrogen and oxygen atoms in total. The van der Waals surface area contributed by atoms with Gasteiger partial charge in [0.25, 0.3) is 0 Å². The monoisotopic (exact) mass is 334 g/mol. The summed E-state index contributed by atoms with van der Waals surface area (Å²) in [5.41, 5.74) is 1.55. The Morgan fingerprint density at radius 3 is 2.30 bits per heavy atom. The smallest absolute Gasteiger partial charge is 0.243 e. The van der Waals surface area contributed by atoms with Gasteiger partial charge in [-0.05, 0) is 48.5 Å². The van der Waals surface area contributed by atoms with Crippen LogP contribution in [0.1, 0.15) is 0 Å². The van der Waals surface area contributed by atoms with Gasteiger partial charge in [-0.15, -0.1) is 0 Å². The molecule has 0 aromatic heterocycles. The summed E-state index contributed by atoms with van der Waals surface area (Å²) in [6.07, 6.45) is 0. The minimum Gasteiger partial charge on any atom is -0.491 e. The molecule has 2 N–H and O–H groups in total. The zero-order chi connectivity index (χ0) is 16.5. The fourth-order valence-electron chi connectivity index (χ4n) is 1.83. The van der Waals surface area contributed by atoms with Crippen molar-refractivity contribution >= 4 is 28.9 Å². The van der Waals surface area contributed by atoms with Crippen LogP contribution in [0.25, 0.3) is 0 Å². The number of benzene rings is 2. The standard InChI is InChI=1S/C17H19ClN2O3/c1-22-10-11-23-16-8-6-15(7-9-16)20-17(21)12-19-14-4-2-13(18)3-5-14/h2-9,19H,10-12H2,1H3,(H,20,21). The van der Waals surface area contributed by atoms with E-state index >= 15 is 0 Å². The molecule has 2 rings (SSSR count). The number of hydrogen-bond acceptors (Lipinski definition) is 4. The normalized spacial score (nSPS) is 10.2. The van der Waals surface area contributed by atoms with Gasteiger partial charge in [0.05, 0.1) is 13.2 Å². The molecule has 122 valence electrons. The lowest BCUT2D eigenvalue weighted by Crippen LogP contribution is -2.21. The molecular formula is C17H19ClN2O3. The third-order valence-corrected chi connectivity index (χ3v) is 3.24. The van der Waals surface area contributed by atoms with E-state index in [-0.39, 0.29) is 12.5 Å². The van der Waals surface area contributed by atoms with Gasteiger partial charge in [-0.1, -0.05) is 11.6 Å². The van der Waals surface area contributed by atoms with Crippen LogP contribution in [0.15, 0.2) is 48.5 Å². The first-order valence-electron chi connectivity index (χ1n) is 7.18. The predicted octanol–water partition coefficient (Wildman–Crippen LogP) is 3.42. The summed E-state index contributed by atoms with van der Waals surface area (Å²) in [4.78, 5) is 11.9. The van der Waals surface area contributed by atoms with Gasteiger partial charge in [-0.2, -0.15) is 0 Å². The zero-order valence-corrected chi connectivity index (χ0v) is 13.6. The Hall–Kier alpha value is -2.24. The first-order chi connectivity index (χ1) is 11.2. The van der Waals surface area contributed by atoms with E-state index in [1.165, 1.54) is 0 Å². The molecule has 1 amide bonds. The molecule has 23 heavy (non-hydrogen) atoms. The number of methoxy groups -OCH3 is 1. The van der Waals surface area contributed by atoms with Gasteiger partial charge < -0.3 is 20.1 Å². The molecule has 0 heterocycles. The Morgan fingerprint density at radius 2 is 1.65 bits per heavy atom. The number of carbonyl (C=O) groups excluding carboxylic acids is 1. The number of amides is 1. The van der Waals surface area contributed by atoms with E-state index in [9.17, 15) is 4.79 Å². The number of hydrogen-bond donors (Lipinski definition) is 2. The maximum atomic E-state index is 11.9. The molecule has 0 aliphatic rings. The average molecular weight is 335 g/mol. The van der Waals surface area contributed by atoms with Gasteiger partial charge in [0, 0.05) is 23.5 Å². The van der Waals surface area contributed by atoms with Crippen molar-refractivity contribution in [1.29, 1.82) is 0 Å². The SMILES string of the molecule is COCCOc1ccc(NC(=O)CNc2ccc(Cl)cc2)cc1. The minimum atomic E-state index is -0.131. The predicted molar refractivity (Wildman–Crippen MR) is 92.4 cm³/mol. The second-order valence-electron chi connectivity index (χ2n) is 4.77. The van der Waals surface area contributed by atoms with Gasteiger partial charge in [0.15, 0.2) is 0 Å². The van der Waals surface area contributed by atoms with Crippen molar-refractivity contribution in [2.24, 2.45) is 0 Å². The van der Waals surface area contributed by atoms with E-state index in [0.717, 1.165) is 11.4 Å². The second-order valence-corrected chi connectivity index (χ2v) is 5.21. The summed E-state index contributed by atoms with van der Waals surface area (Å²) < 4.78 is 10.4. The number of nitrogens with one attached hydrogen (secondary N) is 2. The van der Waals surface area contributed by atoms with Gasteiger partial charge >= 0.3 is 0 Å². The van der Waals surface area contributed by atoms with Crippen molar-refractivity contribution in [3.8, 4) is 5.75 Å². The molecular weight excluding hydrogens is 316 g/mol. The van der Waals surface area contributed by atoms with Crippen molar-refractivity contribution in [3.63, 3.8) is 0 Å². The lowest BCUT2D eigenvalue weighted by molar-refractivity contribution is -0.114. The highest BCUT2D eigenvalue weighted by atomic mass is 35.5. The van der Waals surface area contributed by atoms with Crippen LogP contribution in [0.5, 0.6) is 5.75 Å². The van der Waals surface area contributed by atoms with Gasteiger partial charge in [-0.3, -0.25) is 4.79 Å². The molecule has 0 atom stereocenters. The summed E-state index contributed by atoms with van der Waals surface area (Å²) in [5.74, 6) is 0.604. The Kier molecular flexibility index (Phi) is 6.72. The third-order valence-electron chi connectivity index (χ3n) is 2.99. The molecule has 0 saturated heterocycles. The van der Waals surface area contributed by atoms with E-state index in [1.807, 2.05) is 12.1 Å². The summed E-state index contributed by atoms with van der Waals surface area (Å²) in [5, 5.41) is 6.50. The fraction of sp³-hybridized carbons (Fsp3) is 0.235. The highest BCUT2D eigenvalue weighted by Gasteiger charge is 2.03. The highest BCUT2D eigenvalue weighted by Crippen LogP contribution is 2.16. The van der Waals surface area contributed by atoms with Crippen LogP contribution in [0.4, 0.5) is 11.4 Å². The second kappa shape index (κ2) is 9.02. The summed E-state index contributed by atoms with van der Waals surface area (Å²) in [6.45, 7) is 1.20. The lowest BCUT2D eigenvalue weighted by Gasteiger charge is -2.09. The van der Waals surface area contributed by atoms with Crippen LogP contribution in [-0.2, 0) is 9.53 Å². The average Bonchev–Trinajstić information content (AvgIpc) is 2.56. The molecule has 0 radical (unpaired) electrons. The van der Waals surface area contributed by atoms with Crippen LogP contribution in [0.2, 0.25) is 5.02 Å². The summed E-state index contributed by atoms with van der Waals surface area (Å²) >= 11 is 5.81. The molecule has 0 unspecified atom stereocenters. The number of rotatable bonds is 8. The largest absolute Gasteiger partial charge is 0.491 e. The van der Waals surface area contributed by atoms with Crippen molar-refractivity contribution in [2.45, 2.75) is 0 Å². The van der Waals surface area contributed by atoms with Gasteiger partial charge in [0.2, 0.25) is 5.91 Å². The van der Waals surface area contributed by atoms with Gasteiger partial charge in [-0.25, -0.2) is 0 Å². The summed E-state index contributed by atoms with van der Waals surface area (Å²) in [7, 11) is 1.63. The number of carbonyl (C=O) groups is 1. The Morgan fingerprint density at radius 1 is 1.00 bits per heavy atom. The minimum absolute atomic E-state index is 0.131. The van der Waals surface area contributed by atoms with E-state index in [0.29, 0.717) is 23.9 Å². The maximum Gasteiger partial charge on any atom is 0.243 e. The van der Waals surface area contributed by atoms with Crippen LogP contribution in [0, 0.1) is 0 Å². The number of halogens is 1. The van der Waals surface area contributed by atoms with E-state index < -0.39 is 0 Å². The Labute approximate surface area is 140 Å². The van der Waals surface area contributed by atoms with E-state index in [2.05, 4.69) is 10.6 Å². The topological polar surface area (TPSA) is 59.6 Å². The molecule has 2 aromatic rings. The molecule has 0 fully saturated rings. The zero-order valence-electron chi connectivity index (χ0n) is 12.8. The Balaban J connectivity index is 1.77. The molecule has 0 saturated carbocycles. The third kappa shape index (κ3) is 6.18. The van der Waals surface area contributed by atoms with Crippen molar-refractivity contribution in [1.82, 2.24) is 0 Å². The van der Waals surface area contributed by atoms with Crippen LogP contribution in [0.3, 0.4) is 0 Å².